The summed E-state index contributed by atoms with van der Waals surface area (Å²) < 4.78 is 5.49. The maximum atomic E-state index is 10.7. The molecule has 0 aromatic heterocycles. The van der Waals surface area contributed by atoms with Crippen LogP contribution in [0.2, 0.25) is 0 Å². The van der Waals surface area contributed by atoms with Crippen LogP contribution in [-0.4, -0.2) is 46.8 Å². The maximum Gasteiger partial charge on any atom is 0.305 e. The fourth-order valence-electron chi connectivity index (χ4n) is 2.61. The molecule has 2 unspecified atom stereocenters. The molecule has 0 aromatic carbocycles. The Morgan fingerprint density at radius 1 is 1.64 bits per heavy atom. The molecule has 80 valence electrons. The van der Waals surface area contributed by atoms with Crippen molar-refractivity contribution in [3.05, 3.63) is 0 Å². The summed E-state index contributed by atoms with van der Waals surface area (Å²) in [6.45, 7) is 5.67. The Labute approximate surface area is 83.8 Å². The number of ether oxygens (including phenoxy) is 1. The van der Waals surface area contributed by atoms with Crippen molar-refractivity contribution in [2.75, 3.05) is 13.2 Å². The Kier molecular flexibility index (Phi) is 2.27. The second-order valence-corrected chi connectivity index (χ2v) is 4.88. The van der Waals surface area contributed by atoms with E-state index in [0.29, 0.717) is 12.1 Å². The lowest BCUT2D eigenvalue weighted by molar-refractivity contribution is -0.140. The molecule has 0 spiro atoms. The van der Waals surface area contributed by atoms with Gasteiger partial charge in [0.2, 0.25) is 0 Å². The van der Waals surface area contributed by atoms with Crippen molar-refractivity contribution in [2.24, 2.45) is 0 Å². The summed E-state index contributed by atoms with van der Waals surface area (Å²) in [6, 6.07) is 0.439. The summed E-state index contributed by atoms with van der Waals surface area (Å²) in [5, 5.41) is 8.82. The molecule has 0 aromatic rings. The van der Waals surface area contributed by atoms with Gasteiger partial charge in [0.1, 0.15) is 0 Å². The molecular formula is C10H17NO3. The van der Waals surface area contributed by atoms with E-state index in [4.69, 9.17) is 9.84 Å². The Morgan fingerprint density at radius 2 is 2.36 bits per heavy atom. The zero-order chi connectivity index (χ0) is 10.3. The molecule has 2 bridgehead atoms. The van der Waals surface area contributed by atoms with Gasteiger partial charge in [-0.2, -0.15) is 0 Å². The Balaban J connectivity index is 2.03. The Morgan fingerprint density at radius 3 is 2.79 bits per heavy atom. The van der Waals surface area contributed by atoms with Crippen LogP contribution in [0.15, 0.2) is 0 Å². The van der Waals surface area contributed by atoms with Gasteiger partial charge in [-0.15, -0.1) is 0 Å². The number of hydrogen-bond acceptors (Lipinski definition) is 3. The first kappa shape index (κ1) is 9.93. The summed E-state index contributed by atoms with van der Waals surface area (Å²) in [7, 11) is 0. The van der Waals surface area contributed by atoms with E-state index in [1.807, 2.05) is 13.8 Å². The van der Waals surface area contributed by atoms with Crippen molar-refractivity contribution < 1.29 is 14.6 Å². The summed E-state index contributed by atoms with van der Waals surface area (Å²) in [4.78, 5) is 13.0. The average Bonchev–Trinajstić information content (AvgIpc) is 2.60. The molecular weight excluding hydrogens is 182 g/mol. The monoisotopic (exact) mass is 199 g/mol. The van der Waals surface area contributed by atoms with Crippen LogP contribution in [0.1, 0.15) is 26.7 Å². The Hall–Kier alpha value is -0.610. The van der Waals surface area contributed by atoms with Gasteiger partial charge < -0.3 is 9.84 Å². The summed E-state index contributed by atoms with van der Waals surface area (Å²) in [5.74, 6) is -0.723. The molecule has 2 saturated heterocycles. The van der Waals surface area contributed by atoms with Crippen LogP contribution in [0.4, 0.5) is 0 Å². The second kappa shape index (κ2) is 3.21. The quantitative estimate of drug-likeness (QED) is 0.727. The van der Waals surface area contributed by atoms with E-state index in [2.05, 4.69) is 4.90 Å². The molecule has 4 nitrogen and oxygen atoms in total. The van der Waals surface area contributed by atoms with Crippen molar-refractivity contribution >= 4 is 5.97 Å². The highest BCUT2D eigenvalue weighted by Crippen LogP contribution is 2.34. The van der Waals surface area contributed by atoms with Crippen LogP contribution in [0.5, 0.6) is 0 Å². The van der Waals surface area contributed by atoms with Crippen molar-refractivity contribution in [1.29, 1.82) is 0 Å². The summed E-state index contributed by atoms with van der Waals surface area (Å²) >= 11 is 0. The fourth-order valence-corrected chi connectivity index (χ4v) is 2.61. The van der Waals surface area contributed by atoms with Crippen molar-refractivity contribution in [3.8, 4) is 0 Å². The maximum absolute atomic E-state index is 10.7. The van der Waals surface area contributed by atoms with Gasteiger partial charge in [-0.25, -0.2) is 0 Å². The predicted molar refractivity (Wildman–Crippen MR) is 51.2 cm³/mol. The van der Waals surface area contributed by atoms with Gasteiger partial charge >= 0.3 is 5.97 Å². The van der Waals surface area contributed by atoms with Crippen molar-refractivity contribution in [2.45, 2.75) is 44.4 Å². The number of carboxylic acid groups (broad SMARTS) is 1. The van der Waals surface area contributed by atoms with Gasteiger partial charge in [-0.05, 0) is 20.3 Å². The highest BCUT2D eigenvalue weighted by molar-refractivity contribution is 5.68. The molecule has 2 aliphatic rings. The van der Waals surface area contributed by atoms with E-state index in [-0.39, 0.29) is 12.0 Å². The molecule has 0 saturated carbocycles. The highest BCUT2D eigenvalue weighted by atomic mass is 16.5. The first-order valence-electron chi connectivity index (χ1n) is 5.09. The van der Waals surface area contributed by atoms with Gasteiger partial charge in [0.05, 0.1) is 19.1 Å². The van der Waals surface area contributed by atoms with E-state index in [1.54, 1.807) is 0 Å². The minimum atomic E-state index is -0.723. The van der Waals surface area contributed by atoms with Gasteiger partial charge in [-0.1, -0.05) is 0 Å². The molecule has 2 aliphatic heterocycles. The van der Waals surface area contributed by atoms with Crippen LogP contribution < -0.4 is 0 Å². The third kappa shape index (κ3) is 1.64. The van der Waals surface area contributed by atoms with E-state index >= 15 is 0 Å². The van der Waals surface area contributed by atoms with Crippen LogP contribution >= 0.6 is 0 Å². The van der Waals surface area contributed by atoms with E-state index in [1.165, 1.54) is 0 Å². The topological polar surface area (TPSA) is 49.8 Å². The number of likely N-dealkylation sites (tertiary alicyclic amines) is 1. The van der Waals surface area contributed by atoms with Crippen LogP contribution in [-0.2, 0) is 9.53 Å². The molecule has 2 heterocycles. The smallest absolute Gasteiger partial charge is 0.305 e. The third-order valence-corrected chi connectivity index (χ3v) is 3.26. The molecule has 2 fully saturated rings. The number of hydrogen-bond donors (Lipinski definition) is 1. The van der Waals surface area contributed by atoms with Gasteiger partial charge in [-0.3, -0.25) is 9.69 Å². The fraction of sp³-hybridized carbons (Fsp3) is 0.900. The van der Waals surface area contributed by atoms with Gasteiger partial charge in [0.15, 0.2) is 0 Å². The number of morpholine rings is 1. The molecule has 0 aliphatic carbocycles. The number of carboxylic acids is 1. The van der Waals surface area contributed by atoms with E-state index < -0.39 is 5.97 Å². The highest BCUT2D eigenvalue weighted by Gasteiger charge is 2.45. The Bertz CT molecular complexity index is 252. The van der Waals surface area contributed by atoms with Gasteiger partial charge in [0.25, 0.3) is 0 Å². The molecule has 0 radical (unpaired) electrons. The number of carbonyl (C=O) groups is 1. The SMILES string of the molecule is CC(C)(CC(=O)O)N1CC2CC1CO2. The molecule has 14 heavy (non-hydrogen) atoms. The molecule has 0 amide bonds. The number of nitrogens with zero attached hydrogens (tertiary/aromatic N) is 1. The largest absolute Gasteiger partial charge is 0.481 e. The zero-order valence-corrected chi connectivity index (χ0v) is 8.69. The zero-order valence-electron chi connectivity index (χ0n) is 8.69. The summed E-state index contributed by atoms with van der Waals surface area (Å²) in [5.41, 5.74) is -0.241. The average molecular weight is 199 g/mol. The minimum Gasteiger partial charge on any atom is -0.481 e. The third-order valence-electron chi connectivity index (χ3n) is 3.26. The van der Waals surface area contributed by atoms with Gasteiger partial charge in [0, 0.05) is 18.1 Å². The van der Waals surface area contributed by atoms with E-state index in [0.717, 1.165) is 19.6 Å². The molecule has 2 rings (SSSR count). The van der Waals surface area contributed by atoms with Crippen molar-refractivity contribution in [3.63, 3.8) is 0 Å². The standard InChI is InChI=1S/C10H17NO3/c1-10(2,4-9(12)13)11-5-8-3-7(11)6-14-8/h7-8H,3-6H2,1-2H3,(H,12,13). The number of aliphatic carboxylic acids is 1. The first-order valence-corrected chi connectivity index (χ1v) is 5.09. The van der Waals surface area contributed by atoms with Crippen LogP contribution in [0.25, 0.3) is 0 Å². The normalized spacial score (nSPS) is 32.4. The minimum absolute atomic E-state index is 0.205. The lowest BCUT2D eigenvalue weighted by atomic mass is 9.97. The molecule has 1 N–H and O–H groups in total. The van der Waals surface area contributed by atoms with Crippen LogP contribution in [0, 0.1) is 0 Å². The first-order chi connectivity index (χ1) is 6.49. The number of fused-ring (bicyclic) bond motifs is 2. The predicted octanol–water partition coefficient (Wildman–Crippen LogP) is 0.713. The summed E-state index contributed by atoms with van der Waals surface area (Å²) in [6.07, 6.45) is 1.62. The second-order valence-electron chi connectivity index (χ2n) is 4.88. The van der Waals surface area contributed by atoms with Crippen molar-refractivity contribution in [1.82, 2.24) is 4.90 Å². The van der Waals surface area contributed by atoms with E-state index in [9.17, 15) is 4.79 Å². The molecule has 4 heteroatoms. The molecule has 2 atom stereocenters. The lowest BCUT2D eigenvalue weighted by Crippen LogP contribution is -2.51. The van der Waals surface area contributed by atoms with Crippen LogP contribution in [0.3, 0.4) is 0 Å². The number of rotatable bonds is 3. The lowest BCUT2D eigenvalue weighted by Gasteiger charge is -2.40.